The molecule has 0 radical (unpaired) electrons. The van der Waals surface area contributed by atoms with E-state index in [2.05, 4.69) is 20.5 Å². The number of rotatable bonds is 13. The highest BCUT2D eigenvalue weighted by atomic mass is 32.1. The number of phenolic OH excluding ortho intramolecular Hbond substituents is 1. The molecule has 1 unspecified atom stereocenters. The molecule has 4 aliphatic rings. The van der Waals surface area contributed by atoms with Gasteiger partial charge in [-0.05, 0) is 86.6 Å². The standard InChI is InChI=1S/C38H43N5O7S/c44-28-10-8-26(27-9-13-33(46)41-34(27)28)29(45)20-39-16-4-5-17-40-35(47)31-11-12-32(51-31)36(48)43-22-38(23-43,25-6-2-1-3-7-25)37(49)50-30-21-42-18-14-24(30)15-19-42/h1-3,6-13,24,29-30,39,44-45H,4-5,14-23H2,(H,40,47)(H,41,46)/t29?,30-/m0/s1. The van der Waals surface area contributed by atoms with Gasteiger partial charge in [-0.2, -0.15) is 0 Å². The second-order valence-electron chi connectivity index (χ2n) is 13.8. The number of nitrogens with zero attached hydrogens (tertiary/aromatic N) is 2. The number of esters is 1. The zero-order valence-electron chi connectivity index (χ0n) is 28.3. The Morgan fingerprint density at radius 1 is 0.961 bits per heavy atom. The van der Waals surface area contributed by atoms with Crippen molar-refractivity contribution in [3.05, 3.63) is 98.0 Å². The van der Waals surface area contributed by atoms with Crippen LogP contribution in [0.15, 0.2) is 71.5 Å². The quantitative estimate of drug-likeness (QED) is 0.103. The Kier molecular flexibility index (Phi) is 10.2. The van der Waals surface area contributed by atoms with Crippen LogP contribution in [-0.4, -0.2) is 101 Å². The summed E-state index contributed by atoms with van der Waals surface area (Å²) >= 11 is 1.14. The first-order valence-electron chi connectivity index (χ1n) is 17.6. The number of aromatic hydroxyl groups is 1. The number of nitrogens with one attached hydrogen (secondary N) is 3. The van der Waals surface area contributed by atoms with Gasteiger partial charge in [0, 0.05) is 44.2 Å². The van der Waals surface area contributed by atoms with Crippen molar-refractivity contribution in [1.82, 2.24) is 25.4 Å². The number of H-pyrrole nitrogens is 1. The molecule has 4 aliphatic heterocycles. The summed E-state index contributed by atoms with van der Waals surface area (Å²) in [7, 11) is 0. The molecule has 4 saturated heterocycles. The van der Waals surface area contributed by atoms with E-state index < -0.39 is 11.5 Å². The molecule has 2 aromatic carbocycles. The van der Waals surface area contributed by atoms with Gasteiger partial charge in [0.15, 0.2) is 0 Å². The minimum atomic E-state index is -0.908. The van der Waals surface area contributed by atoms with E-state index in [-0.39, 0.29) is 54.8 Å². The van der Waals surface area contributed by atoms with Crippen molar-refractivity contribution in [2.45, 2.75) is 43.3 Å². The largest absolute Gasteiger partial charge is 0.506 e. The van der Waals surface area contributed by atoms with Crippen molar-refractivity contribution in [1.29, 1.82) is 0 Å². The number of carbonyl (C=O) groups is 3. The van der Waals surface area contributed by atoms with Crippen molar-refractivity contribution >= 4 is 40.0 Å². The highest BCUT2D eigenvalue weighted by molar-refractivity contribution is 7.15. The lowest BCUT2D eigenvalue weighted by Crippen LogP contribution is -2.66. The van der Waals surface area contributed by atoms with Gasteiger partial charge in [0.1, 0.15) is 17.3 Å². The van der Waals surface area contributed by atoms with Crippen LogP contribution in [0.25, 0.3) is 10.9 Å². The van der Waals surface area contributed by atoms with Crippen LogP contribution in [-0.2, 0) is 14.9 Å². The molecule has 0 aliphatic carbocycles. The number of hydrogen-bond acceptors (Lipinski definition) is 10. The fraction of sp³-hybridized carbons (Fsp3) is 0.421. The maximum Gasteiger partial charge on any atom is 0.320 e. The fourth-order valence-electron chi connectivity index (χ4n) is 7.52. The van der Waals surface area contributed by atoms with E-state index in [0.717, 1.165) is 55.8 Å². The predicted molar refractivity (Wildman–Crippen MR) is 193 cm³/mol. The number of aromatic amines is 1. The first-order chi connectivity index (χ1) is 24.7. The van der Waals surface area contributed by atoms with Crippen molar-refractivity contribution in [2.75, 3.05) is 52.4 Å². The summed E-state index contributed by atoms with van der Waals surface area (Å²) in [4.78, 5) is 59.3. The number of unbranched alkanes of at least 4 members (excludes halogenated alkanes) is 1. The first kappa shape index (κ1) is 34.9. The van der Waals surface area contributed by atoms with Crippen LogP contribution in [0.2, 0.25) is 0 Å². The molecular formula is C38H43N5O7S. The number of aliphatic hydroxyl groups excluding tert-OH is 1. The molecular weight excluding hydrogens is 671 g/mol. The van der Waals surface area contributed by atoms with E-state index in [1.54, 1.807) is 29.2 Å². The monoisotopic (exact) mass is 713 g/mol. The van der Waals surface area contributed by atoms with Gasteiger partial charge in [0.05, 0.1) is 21.4 Å². The van der Waals surface area contributed by atoms with Gasteiger partial charge < -0.3 is 35.5 Å². The molecule has 13 heteroatoms. The Balaban J connectivity index is 0.859. The highest BCUT2D eigenvalue weighted by Gasteiger charge is 2.55. The van der Waals surface area contributed by atoms with Gasteiger partial charge >= 0.3 is 5.97 Å². The molecule has 6 heterocycles. The van der Waals surface area contributed by atoms with Crippen LogP contribution >= 0.6 is 11.3 Å². The number of pyridine rings is 1. The number of piperidine rings is 3. The molecule has 2 amide bonds. The molecule has 4 aromatic rings. The first-order valence-corrected chi connectivity index (χ1v) is 18.4. The Bertz CT molecular complexity index is 1950. The maximum atomic E-state index is 13.8. The number of aliphatic hydroxyl groups is 1. The molecule has 0 saturated carbocycles. The number of aromatic nitrogens is 1. The summed E-state index contributed by atoms with van der Waals surface area (Å²) in [5.41, 5.74) is 0.495. The number of carbonyl (C=O) groups excluding carboxylic acids is 3. The van der Waals surface area contributed by atoms with Crippen LogP contribution < -0.4 is 16.2 Å². The average Bonchev–Trinajstić information content (AvgIpc) is 3.63. The minimum Gasteiger partial charge on any atom is -0.506 e. The molecule has 2 atom stereocenters. The van der Waals surface area contributed by atoms with Crippen LogP contribution in [0, 0.1) is 5.92 Å². The van der Waals surface area contributed by atoms with Gasteiger partial charge in [-0.15, -0.1) is 11.3 Å². The summed E-state index contributed by atoms with van der Waals surface area (Å²) < 4.78 is 6.17. The predicted octanol–water partition coefficient (Wildman–Crippen LogP) is 3.16. The van der Waals surface area contributed by atoms with Crippen LogP contribution in [0.3, 0.4) is 0 Å². The lowest BCUT2D eigenvalue weighted by molar-refractivity contribution is -0.171. The summed E-state index contributed by atoms with van der Waals surface area (Å²) in [5, 5.41) is 27.5. The summed E-state index contributed by atoms with van der Waals surface area (Å²) in [6.45, 7) is 4.70. The molecule has 0 spiro atoms. The number of likely N-dealkylation sites (tertiary alicyclic amines) is 1. The van der Waals surface area contributed by atoms with Gasteiger partial charge in [-0.1, -0.05) is 36.4 Å². The average molecular weight is 714 g/mol. The van der Waals surface area contributed by atoms with Crippen LogP contribution in [0.1, 0.15) is 62.3 Å². The molecule has 5 N–H and O–H groups in total. The van der Waals surface area contributed by atoms with Gasteiger partial charge in [-0.3, -0.25) is 24.1 Å². The SMILES string of the molecule is O=C(NCCCCNCC(O)c1ccc(O)c2[nH]c(=O)ccc12)c1ccc(C(=O)N2CC(C(=O)O[C@H]3CN4CCC3CC4)(c3ccccc3)C2)s1. The molecule has 51 heavy (non-hydrogen) atoms. The molecule has 2 aromatic heterocycles. The number of phenols is 1. The number of thiophene rings is 1. The Morgan fingerprint density at radius 3 is 2.45 bits per heavy atom. The van der Waals surface area contributed by atoms with Gasteiger partial charge in [-0.25, -0.2) is 0 Å². The maximum absolute atomic E-state index is 13.8. The van der Waals surface area contributed by atoms with E-state index in [0.29, 0.717) is 51.6 Å². The highest BCUT2D eigenvalue weighted by Crippen LogP contribution is 2.39. The Hall–Kier alpha value is -4.56. The normalized spacial score (nSPS) is 21.2. The van der Waals surface area contributed by atoms with Crippen molar-refractivity contribution in [3.63, 3.8) is 0 Å². The topological polar surface area (TPSA) is 164 Å². The lowest BCUT2D eigenvalue weighted by Gasteiger charge is -2.50. The number of benzene rings is 2. The van der Waals surface area contributed by atoms with E-state index >= 15 is 0 Å². The van der Waals surface area contributed by atoms with Gasteiger partial charge in [0.2, 0.25) is 5.56 Å². The molecule has 12 nitrogen and oxygen atoms in total. The Labute approximate surface area is 299 Å². The fourth-order valence-corrected chi connectivity index (χ4v) is 8.41. The smallest absolute Gasteiger partial charge is 0.320 e. The summed E-state index contributed by atoms with van der Waals surface area (Å²) in [6, 6.07) is 18.9. The number of amides is 2. The third-order valence-corrected chi connectivity index (χ3v) is 11.6. The second-order valence-corrected chi connectivity index (χ2v) is 14.9. The van der Waals surface area contributed by atoms with Crippen LogP contribution in [0.5, 0.6) is 5.75 Å². The van der Waals surface area contributed by atoms with Gasteiger partial charge in [0.25, 0.3) is 11.8 Å². The van der Waals surface area contributed by atoms with E-state index in [4.69, 9.17) is 4.74 Å². The number of ether oxygens (including phenoxy) is 1. The third kappa shape index (κ3) is 7.29. The molecule has 8 rings (SSSR count). The second kappa shape index (κ2) is 15.0. The Morgan fingerprint density at radius 2 is 1.71 bits per heavy atom. The number of hydrogen-bond donors (Lipinski definition) is 5. The van der Waals surface area contributed by atoms with E-state index in [1.807, 2.05) is 30.3 Å². The third-order valence-electron chi connectivity index (χ3n) is 10.5. The summed E-state index contributed by atoms with van der Waals surface area (Å²) in [6.07, 6.45) is 2.60. The van der Waals surface area contributed by atoms with E-state index in [1.165, 1.54) is 12.1 Å². The van der Waals surface area contributed by atoms with Crippen molar-refractivity contribution in [2.24, 2.45) is 5.92 Å². The zero-order valence-corrected chi connectivity index (χ0v) is 29.1. The molecule has 4 fully saturated rings. The van der Waals surface area contributed by atoms with Crippen LogP contribution in [0.4, 0.5) is 0 Å². The van der Waals surface area contributed by atoms with Crippen molar-refractivity contribution < 1.29 is 29.3 Å². The minimum absolute atomic E-state index is 0.0569. The lowest BCUT2D eigenvalue weighted by atomic mass is 9.73. The number of fused-ring (bicyclic) bond motifs is 4. The van der Waals surface area contributed by atoms with Crippen molar-refractivity contribution in [3.8, 4) is 5.75 Å². The molecule has 2 bridgehead atoms. The zero-order chi connectivity index (χ0) is 35.5. The molecule has 268 valence electrons. The summed E-state index contributed by atoms with van der Waals surface area (Å²) in [5.74, 6) is -0.381. The van der Waals surface area contributed by atoms with E-state index in [9.17, 15) is 29.4 Å².